The second kappa shape index (κ2) is 5.57. The van der Waals surface area contributed by atoms with Crippen LogP contribution in [0.25, 0.3) is 0 Å². The molecule has 0 saturated heterocycles. The summed E-state index contributed by atoms with van der Waals surface area (Å²) in [5.41, 5.74) is 4.73. The van der Waals surface area contributed by atoms with Crippen LogP contribution in [-0.4, -0.2) is 37.7 Å². The van der Waals surface area contributed by atoms with Gasteiger partial charge in [-0.15, -0.1) is 6.42 Å². The lowest BCUT2D eigenvalue weighted by atomic mass is 10.5. The van der Waals surface area contributed by atoms with Crippen LogP contribution in [-0.2, 0) is 4.74 Å². The summed E-state index contributed by atoms with van der Waals surface area (Å²) in [7, 11) is 1.84. The molecule has 11 heavy (non-hydrogen) atoms. The van der Waals surface area contributed by atoms with E-state index in [0.29, 0.717) is 13.1 Å². The first kappa shape index (κ1) is 9.79. The highest BCUT2D eigenvalue weighted by Crippen LogP contribution is 1.81. The van der Waals surface area contributed by atoms with Crippen LogP contribution >= 0.6 is 0 Å². The zero-order valence-corrected chi connectivity index (χ0v) is 6.54. The van der Waals surface area contributed by atoms with E-state index in [1.807, 2.05) is 11.9 Å². The predicted octanol–water partition coefficient (Wildman–Crippen LogP) is -0.353. The van der Waals surface area contributed by atoms with E-state index >= 15 is 0 Å². The van der Waals surface area contributed by atoms with Crippen LogP contribution in [0.2, 0.25) is 0 Å². The molecule has 0 unspecified atom stereocenters. The maximum Gasteiger partial charge on any atom is 0.404 e. The van der Waals surface area contributed by atoms with Crippen LogP contribution in [0.1, 0.15) is 0 Å². The molecule has 1 amide bonds. The van der Waals surface area contributed by atoms with Crippen LogP contribution in [0.3, 0.4) is 0 Å². The Morgan fingerprint density at radius 1 is 1.82 bits per heavy atom. The SMILES string of the molecule is C#CCN(C)CCOC(N)=O. The van der Waals surface area contributed by atoms with Crippen LogP contribution < -0.4 is 5.73 Å². The first-order valence-corrected chi connectivity index (χ1v) is 3.21. The van der Waals surface area contributed by atoms with E-state index in [-0.39, 0.29) is 6.61 Å². The van der Waals surface area contributed by atoms with Gasteiger partial charge < -0.3 is 10.5 Å². The van der Waals surface area contributed by atoms with Gasteiger partial charge in [-0.05, 0) is 7.05 Å². The first-order valence-electron chi connectivity index (χ1n) is 3.21. The molecule has 0 bridgehead atoms. The average Bonchev–Trinajstić information content (AvgIpc) is 1.87. The van der Waals surface area contributed by atoms with Crippen molar-refractivity contribution in [2.45, 2.75) is 0 Å². The number of likely N-dealkylation sites (N-methyl/N-ethyl adjacent to an activating group) is 1. The minimum atomic E-state index is -0.751. The van der Waals surface area contributed by atoms with Gasteiger partial charge in [0.05, 0.1) is 6.54 Å². The van der Waals surface area contributed by atoms with Gasteiger partial charge in [0.25, 0.3) is 0 Å². The van der Waals surface area contributed by atoms with E-state index < -0.39 is 6.09 Å². The molecule has 4 nitrogen and oxygen atoms in total. The van der Waals surface area contributed by atoms with Gasteiger partial charge in [0, 0.05) is 6.54 Å². The van der Waals surface area contributed by atoms with Gasteiger partial charge in [0.15, 0.2) is 0 Å². The van der Waals surface area contributed by atoms with E-state index in [1.165, 1.54) is 0 Å². The lowest BCUT2D eigenvalue weighted by molar-refractivity contribution is 0.144. The van der Waals surface area contributed by atoms with Gasteiger partial charge in [0.2, 0.25) is 0 Å². The number of carbonyl (C=O) groups excluding carboxylic acids is 1. The molecular formula is C7H12N2O2. The van der Waals surface area contributed by atoms with Gasteiger partial charge in [-0.3, -0.25) is 4.90 Å². The summed E-state index contributed by atoms with van der Waals surface area (Å²) in [6, 6.07) is 0. The van der Waals surface area contributed by atoms with Gasteiger partial charge in [-0.2, -0.15) is 0 Å². The molecule has 2 N–H and O–H groups in total. The maximum absolute atomic E-state index is 10.1. The Hall–Kier alpha value is -1.21. The molecule has 0 heterocycles. The molecule has 0 spiro atoms. The molecule has 0 aromatic rings. The number of nitrogens with two attached hydrogens (primary N) is 1. The molecule has 62 valence electrons. The molecule has 0 aromatic carbocycles. The van der Waals surface area contributed by atoms with Crippen molar-refractivity contribution >= 4 is 6.09 Å². The van der Waals surface area contributed by atoms with Crippen LogP contribution in [0.4, 0.5) is 4.79 Å². The summed E-state index contributed by atoms with van der Waals surface area (Å²) in [5, 5.41) is 0. The van der Waals surface area contributed by atoms with Crippen LogP contribution in [0.15, 0.2) is 0 Å². The van der Waals surface area contributed by atoms with Crippen molar-refractivity contribution in [3.63, 3.8) is 0 Å². The molecule has 4 heteroatoms. The third-order valence-electron chi connectivity index (χ3n) is 1.08. The number of primary amides is 1. The van der Waals surface area contributed by atoms with Crippen molar-refractivity contribution in [1.29, 1.82) is 0 Å². The molecule has 0 aliphatic carbocycles. The van der Waals surface area contributed by atoms with Gasteiger partial charge >= 0.3 is 6.09 Å². The topological polar surface area (TPSA) is 55.6 Å². The van der Waals surface area contributed by atoms with Crippen LogP contribution in [0.5, 0.6) is 0 Å². The Bertz CT molecular complexity index is 162. The van der Waals surface area contributed by atoms with E-state index in [0.717, 1.165) is 0 Å². The van der Waals surface area contributed by atoms with Crippen molar-refractivity contribution < 1.29 is 9.53 Å². The number of terminal acetylenes is 1. The third-order valence-corrected chi connectivity index (χ3v) is 1.08. The minimum absolute atomic E-state index is 0.285. The Labute approximate surface area is 66.3 Å². The number of nitrogens with zero attached hydrogens (tertiary/aromatic N) is 1. The third kappa shape index (κ3) is 6.68. The number of hydrogen-bond acceptors (Lipinski definition) is 3. The lowest BCUT2D eigenvalue weighted by Gasteiger charge is -2.11. The summed E-state index contributed by atoms with van der Waals surface area (Å²) in [5.74, 6) is 2.46. The first-order chi connectivity index (χ1) is 5.16. The highest BCUT2D eigenvalue weighted by molar-refractivity contribution is 5.64. The van der Waals surface area contributed by atoms with Crippen molar-refractivity contribution in [3.05, 3.63) is 0 Å². The van der Waals surface area contributed by atoms with Crippen LogP contribution in [0, 0.1) is 12.3 Å². The molecular weight excluding hydrogens is 144 g/mol. The zero-order chi connectivity index (χ0) is 8.69. The van der Waals surface area contributed by atoms with E-state index in [9.17, 15) is 4.79 Å². The highest BCUT2D eigenvalue weighted by atomic mass is 16.5. The smallest absolute Gasteiger partial charge is 0.404 e. The number of carbonyl (C=O) groups is 1. The molecule has 0 atom stereocenters. The van der Waals surface area contributed by atoms with Gasteiger partial charge in [-0.1, -0.05) is 5.92 Å². The minimum Gasteiger partial charge on any atom is -0.448 e. The molecule has 0 fully saturated rings. The maximum atomic E-state index is 10.1. The summed E-state index contributed by atoms with van der Waals surface area (Å²) in [6.45, 7) is 1.43. The number of hydrogen-bond donors (Lipinski definition) is 1. The molecule has 0 radical (unpaired) electrons. The standard InChI is InChI=1S/C7H12N2O2/c1-3-4-9(2)5-6-11-7(8)10/h1H,4-6H2,2H3,(H2,8,10). The fourth-order valence-electron chi connectivity index (χ4n) is 0.537. The lowest BCUT2D eigenvalue weighted by Crippen LogP contribution is -2.26. The molecule has 0 aliphatic rings. The molecule has 0 saturated carbocycles. The molecule has 0 rings (SSSR count). The monoisotopic (exact) mass is 156 g/mol. The largest absolute Gasteiger partial charge is 0.448 e. The van der Waals surface area contributed by atoms with Crippen molar-refractivity contribution in [1.82, 2.24) is 4.90 Å². The number of rotatable bonds is 4. The summed E-state index contributed by atoms with van der Waals surface area (Å²) < 4.78 is 4.49. The predicted molar refractivity (Wildman–Crippen MR) is 41.9 cm³/mol. The second-order valence-electron chi connectivity index (χ2n) is 2.11. The number of amides is 1. The average molecular weight is 156 g/mol. The molecule has 0 aliphatic heterocycles. The van der Waals surface area contributed by atoms with E-state index in [1.54, 1.807) is 0 Å². The number of ether oxygens (including phenoxy) is 1. The Morgan fingerprint density at radius 2 is 2.45 bits per heavy atom. The zero-order valence-electron chi connectivity index (χ0n) is 6.54. The summed E-state index contributed by atoms with van der Waals surface area (Å²) in [6.07, 6.45) is 4.29. The molecule has 0 aromatic heterocycles. The highest BCUT2D eigenvalue weighted by Gasteiger charge is 1.96. The fraction of sp³-hybridized carbons (Fsp3) is 0.571. The van der Waals surface area contributed by atoms with Gasteiger partial charge in [-0.25, -0.2) is 4.79 Å². The van der Waals surface area contributed by atoms with Crippen molar-refractivity contribution in [3.8, 4) is 12.3 Å². The second-order valence-corrected chi connectivity index (χ2v) is 2.11. The van der Waals surface area contributed by atoms with E-state index in [2.05, 4.69) is 10.7 Å². The van der Waals surface area contributed by atoms with Crippen molar-refractivity contribution in [2.75, 3.05) is 26.7 Å². The van der Waals surface area contributed by atoms with E-state index in [4.69, 9.17) is 12.2 Å². The van der Waals surface area contributed by atoms with Gasteiger partial charge in [0.1, 0.15) is 6.61 Å². The Kier molecular flexibility index (Phi) is 4.95. The Morgan fingerprint density at radius 3 is 2.91 bits per heavy atom. The normalized spacial score (nSPS) is 9.18. The Balaban J connectivity index is 3.25. The van der Waals surface area contributed by atoms with Crippen molar-refractivity contribution in [2.24, 2.45) is 5.73 Å². The quantitative estimate of drug-likeness (QED) is 0.566. The summed E-state index contributed by atoms with van der Waals surface area (Å²) >= 11 is 0. The summed E-state index contributed by atoms with van der Waals surface area (Å²) in [4.78, 5) is 11.9. The fourth-order valence-corrected chi connectivity index (χ4v) is 0.537.